The van der Waals surface area contributed by atoms with Gasteiger partial charge in [0.2, 0.25) is 11.7 Å². The fourth-order valence-electron chi connectivity index (χ4n) is 3.17. The number of rotatable bonds is 4. The maximum atomic E-state index is 5.74. The van der Waals surface area contributed by atoms with Crippen LogP contribution in [0.1, 0.15) is 50.4 Å². The van der Waals surface area contributed by atoms with E-state index in [1.54, 1.807) is 0 Å². The molecular weight excluding hydrogens is 274 g/mol. The molecule has 0 saturated carbocycles. The normalized spacial score (nSPS) is 26.6. The average molecular weight is 297 g/mol. The lowest BCUT2D eigenvalue weighted by Crippen LogP contribution is -2.40. The molecule has 3 heterocycles. The first-order chi connectivity index (χ1) is 9.84. The van der Waals surface area contributed by atoms with Gasteiger partial charge in [0.05, 0.1) is 12.0 Å². The highest BCUT2D eigenvalue weighted by Crippen LogP contribution is 2.37. The zero-order valence-electron chi connectivity index (χ0n) is 12.1. The Morgan fingerprint density at radius 3 is 2.95 bits per heavy atom. The molecule has 0 amide bonds. The van der Waals surface area contributed by atoms with Crippen molar-refractivity contribution in [2.45, 2.75) is 44.1 Å². The summed E-state index contributed by atoms with van der Waals surface area (Å²) in [6, 6.07) is 0. The summed E-state index contributed by atoms with van der Waals surface area (Å²) in [7, 11) is 0. The van der Waals surface area contributed by atoms with Crippen LogP contribution in [0.2, 0.25) is 0 Å². The van der Waals surface area contributed by atoms with Crippen LogP contribution in [0.3, 0.4) is 0 Å². The molecule has 2 saturated heterocycles. The topological polar surface area (TPSA) is 60.2 Å². The molecule has 0 spiro atoms. The zero-order valence-corrected chi connectivity index (χ0v) is 12.9. The Hall–Kier alpha value is -0.590. The second-order valence-electron chi connectivity index (χ2n) is 5.67. The van der Waals surface area contributed by atoms with Crippen LogP contribution in [0, 0.1) is 0 Å². The summed E-state index contributed by atoms with van der Waals surface area (Å²) in [5.41, 5.74) is 0.0764. The first-order valence-corrected chi connectivity index (χ1v) is 8.74. The highest BCUT2D eigenvalue weighted by atomic mass is 32.2. The van der Waals surface area contributed by atoms with E-state index < -0.39 is 0 Å². The van der Waals surface area contributed by atoms with E-state index >= 15 is 0 Å². The molecule has 2 aliphatic rings. The van der Waals surface area contributed by atoms with Gasteiger partial charge in [0.25, 0.3) is 0 Å². The molecule has 1 N–H and O–H groups in total. The van der Waals surface area contributed by atoms with Gasteiger partial charge in [-0.1, -0.05) is 18.5 Å². The standard InChI is InChI=1S/C14H23N3O2S/c1-2-3-14(4-6-15-7-5-14)13-16-12(17-19-13)11-10-20-9-8-18-11/h11,15H,2-10H2,1H3. The van der Waals surface area contributed by atoms with E-state index in [2.05, 4.69) is 17.4 Å². The third kappa shape index (κ3) is 2.87. The van der Waals surface area contributed by atoms with E-state index in [1.807, 2.05) is 11.8 Å². The minimum absolute atomic E-state index is 0.00615. The fraction of sp³-hybridized carbons (Fsp3) is 0.857. The molecule has 2 fully saturated rings. The van der Waals surface area contributed by atoms with E-state index in [9.17, 15) is 0 Å². The Morgan fingerprint density at radius 2 is 2.25 bits per heavy atom. The van der Waals surface area contributed by atoms with E-state index in [-0.39, 0.29) is 11.5 Å². The predicted molar refractivity (Wildman–Crippen MR) is 79.0 cm³/mol. The van der Waals surface area contributed by atoms with Crippen molar-refractivity contribution in [2.75, 3.05) is 31.2 Å². The summed E-state index contributed by atoms with van der Waals surface area (Å²) in [5, 5.41) is 7.62. The number of piperidine rings is 1. The van der Waals surface area contributed by atoms with Crippen molar-refractivity contribution < 1.29 is 9.26 Å². The molecule has 1 aromatic rings. The molecule has 1 unspecified atom stereocenters. The Kier molecular flexibility index (Phi) is 4.63. The minimum Gasteiger partial charge on any atom is -0.368 e. The van der Waals surface area contributed by atoms with Gasteiger partial charge < -0.3 is 14.6 Å². The second kappa shape index (κ2) is 6.45. The fourth-order valence-corrected chi connectivity index (χ4v) is 4.01. The molecule has 5 nitrogen and oxygen atoms in total. The molecule has 3 rings (SSSR count). The van der Waals surface area contributed by atoms with Gasteiger partial charge in [-0.15, -0.1) is 0 Å². The maximum Gasteiger partial charge on any atom is 0.233 e. The first kappa shape index (κ1) is 14.4. The molecule has 1 aromatic heterocycles. The molecule has 0 aromatic carbocycles. The summed E-state index contributed by atoms with van der Waals surface area (Å²) in [6.07, 6.45) is 4.45. The van der Waals surface area contributed by atoms with Crippen LogP contribution in [-0.2, 0) is 10.2 Å². The van der Waals surface area contributed by atoms with Gasteiger partial charge >= 0.3 is 0 Å². The van der Waals surface area contributed by atoms with E-state index in [0.29, 0.717) is 0 Å². The lowest BCUT2D eigenvalue weighted by Gasteiger charge is -2.34. The maximum absolute atomic E-state index is 5.74. The lowest BCUT2D eigenvalue weighted by atomic mass is 9.75. The Balaban J connectivity index is 1.79. The van der Waals surface area contributed by atoms with Crippen molar-refractivity contribution in [3.8, 4) is 0 Å². The third-order valence-electron chi connectivity index (χ3n) is 4.29. The van der Waals surface area contributed by atoms with Crippen LogP contribution in [0.25, 0.3) is 0 Å². The van der Waals surface area contributed by atoms with Crippen molar-refractivity contribution in [3.05, 3.63) is 11.7 Å². The second-order valence-corrected chi connectivity index (χ2v) is 6.82. The molecule has 112 valence electrons. The van der Waals surface area contributed by atoms with Crippen LogP contribution in [-0.4, -0.2) is 41.3 Å². The summed E-state index contributed by atoms with van der Waals surface area (Å²) in [6.45, 7) is 5.08. The number of ether oxygens (including phenoxy) is 1. The van der Waals surface area contributed by atoms with Gasteiger partial charge in [-0.2, -0.15) is 16.7 Å². The van der Waals surface area contributed by atoms with E-state index in [1.165, 1.54) is 0 Å². The Labute approximate surface area is 124 Å². The van der Waals surface area contributed by atoms with Gasteiger partial charge in [0.1, 0.15) is 6.10 Å². The predicted octanol–water partition coefficient (Wildman–Crippen LogP) is 2.30. The van der Waals surface area contributed by atoms with Crippen molar-refractivity contribution >= 4 is 11.8 Å². The van der Waals surface area contributed by atoms with Crippen molar-refractivity contribution in [1.82, 2.24) is 15.5 Å². The highest BCUT2D eigenvalue weighted by molar-refractivity contribution is 7.99. The van der Waals surface area contributed by atoms with Crippen molar-refractivity contribution in [1.29, 1.82) is 0 Å². The smallest absolute Gasteiger partial charge is 0.233 e. The summed E-state index contributed by atoms with van der Waals surface area (Å²) in [4.78, 5) is 4.70. The van der Waals surface area contributed by atoms with Crippen molar-refractivity contribution in [3.63, 3.8) is 0 Å². The van der Waals surface area contributed by atoms with E-state index in [0.717, 1.165) is 68.6 Å². The van der Waals surface area contributed by atoms with Crippen molar-refractivity contribution in [2.24, 2.45) is 0 Å². The lowest BCUT2D eigenvalue weighted by molar-refractivity contribution is 0.0677. The largest absolute Gasteiger partial charge is 0.368 e. The third-order valence-corrected chi connectivity index (χ3v) is 5.28. The number of aromatic nitrogens is 2. The Bertz CT molecular complexity index is 420. The zero-order chi connectivity index (χ0) is 13.8. The molecule has 6 heteroatoms. The van der Waals surface area contributed by atoms with Gasteiger partial charge in [0, 0.05) is 11.5 Å². The molecule has 20 heavy (non-hydrogen) atoms. The van der Waals surface area contributed by atoms with Crippen LogP contribution in [0.4, 0.5) is 0 Å². The SMILES string of the molecule is CCCC1(c2nc(C3CSCCO3)no2)CCNCC1. The van der Waals surface area contributed by atoms with Crippen LogP contribution in [0.15, 0.2) is 4.52 Å². The molecular formula is C14H23N3O2S. The number of thioether (sulfide) groups is 1. The van der Waals surface area contributed by atoms with E-state index in [4.69, 9.17) is 14.2 Å². The summed E-state index contributed by atoms with van der Waals surface area (Å²) in [5.74, 6) is 3.56. The van der Waals surface area contributed by atoms with Gasteiger partial charge in [-0.3, -0.25) is 0 Å². The average Bonchev–Trinajstić information content (AvgIpc) is 3.00. The number of hydrogen-bond donors (Lipinski definition) is 1. The monoisotopic (exact) mass is 297 g/mol. The minimum atomic E-state index is 0.00615. The summed E-state index contributed by atoms with van der Waals surface area (Å²) >= 11 is 1.90. The van der Waals surface area contributed by atoms with Gasteiger partial charge in [-0.25, -0.2) is 0 Å². The number of nitrogens with zero attached hydrogens (tertiary/aromatic N) is 2. The first-order valence-electron chi connectivity index (χ1n) is 7.58. The van der Waals surface area contributed by atoms with Crippen LogP contribution >= 0.6 is 11.8 Å². The molecule has 0 aliphatic carbocycles. The van der Waals surface area contributed by atoms with Gasteiger partial charge in [-0.05, 0) is 32.4 Å². The molecule has 0 bridgehead atoms. The highest BCUT2D eigenvalue weighted by Gasteiger charge is 2.39. The van der Waals surface area contributed by atoms with Crippen LogP contribution in [0.5, 0.6) is 0 Å². The number of nitrogens with one attached hydrogen (secondary N) is 1. The summed E-state index contributed by atoms with van der Waals surface area (Å²) < 4.78 is 11.4. The molecule has 0 radical (unpaired) electrons. The van der Waals surface area contributed by atoms with Gasteiger partial charge in [0.15, 0.2) is 0 Å². The Morgan fingerprint density at radius 1 is 1.40 bits per heavy atom. The molecule has 1 atom stereocenters. The quantitative estimate of drug-likeness (QED) is 0.920. The molecule has 2 aliphatic heterocycles. The van der Waals surface area contributed by atoms with Crippen LogP contribution < -0.4 is 5.32 Å². The number of hydrogen-bond acceptors (Lipinski definition) is 6.